The highest BCUT2D eigenvalue weighted by Crippen LogP contribution is 2.20. The van der Waals surface area contributed by atoms with E-state index in [4.69, 9.17) is 0 Å². The van der Waals surface area contributed by atoms with Gasteiger partial charge in [-0.1, -0.05) is 37.1 Å². The van der Waals surface area contributed by atoms with Crippen molar-refractivity contribution in [1.82, 2.24) is 9.80 Å². The maximum atomic E-state index is 13.0. The summed E-state index contributed by atoms with van der Waals surface area (Å²) >= 11 is 6.39. The first kappa shape index (κ1) is 24.9. The molecule has 0 unspecified atom stereocenters. The van der Waals surface area contributed by atoms with Crippen LogP contribution in [0.1, 0.15) is 54.8 Å². The molecule has 178 valence electrons. The molecule has 4 nitrogen and oxygen atoms in total. The van der Waals surface area contributed by atoms with Crippen molar-refractivity contribution in [2.75, 3.05) is 13.1 Å². The molecule has 0 aromatic carbocycles. The van der Waals surface area contributed by atoms with Gasteiger partial charge in [-0.3, -0.25) is 9.59 Å². The molecular formula is C26H28N2O2S4. The molecule has 0 aliphatic carbocycles. The van der Waals surface area contributed by atoms with Crippen molar-refractivity contribution in [3.8, 4) is 0 Å². The maximum absolute atomic E-state index is 13.0. The van der Waals surface area contributed by atoms with Crippen LogP contribution < -0.4 is 0 Å². The van der Waals surface area contributed by atoms with Crippen molar-refractivity contribution in [3.05, 3.63) is 89.6 Å². The third-order valence-electron chi connectivity index (χ3n) is 5.50. The van der Waals surface area contributed by atoms with E-state index in [1.54, 1.807) is 22.7 Å². The summed E-state index contributed by atoms with van der Waals surface area (Å²) in [5.74, 6) is 0.235. The number of nitrogens with zero attached hydrogens (tertiary/aromatic N) is 2. The Hall–Kier alpha value is -2.26. The van der Waals surface area contributed by atoms with Crippen LogP contribution >= 0.6 is 45.3 Å². The third kappa shape index (κ3) is 7.12. The average molecular weight is 529 g/mol. The van der Waals surface area contributed by atoms with Gasteiger partial charge in [0.05, 0.1) is 22.8 Å². The first-order valence-electron chi connectivity index (χ1n) is 11.4. The zero-order valence-corrected chi connectivity index (χ0v) is 22.2. The van der Waals surface area contributed by atoms with Gasteiger partial charge in [0.15, 0.2) is 0 Å². The highest BCUT2D eigenvalue weighted by Gasteiger charge is 2.19. The molecule has 4 aromatic rings. The van der Waals surface area contributed by atoms with E-state index in [-0.39, 0.29) is 11.8 Å². The van der Waals surface area contributed by atoms with E-state index in [9.17, 15) is 9.59 Å². The smallest absolute Gasteiger partial charge is 0.264 e. The number of amides is 2. The molecule has 4 heterocycles. The summed E-state index contributed by atoms with van der Waals surface area (Å²) in [5, 5.41) is 8.02. The molecule has 0 atom stereocenters. The molecule has 0 spiro atoms. The lowest BCUT2D eigenvalue weighted by Gasteiger charge is -2.23. The van der Waals surface area contributed by atoms with Gasteiger partial charge in [-0.25, -0.2) is 0 Å². The zero-order valence-electron chi connectivity index (χ0n) is 18.9. The molecule has 0 N–H and O–H groups in total. The van der Waals surface area contributed by atoms with Crippen molar-refractivity contribution < 1.29 is 9.59 Å². The molecule has 0 radical (unpaired) electrons. The quantitative estimate of drug-likeness (QED) is 0.169. The second-order valence-corrected chi connectivity index (χ2v) is 11.9. The van der Waals surface area contributed by atoms with Gasteiger partial charge in [-0.15, -0.1) is 45.3 Å². The van der Waals surface area contributed by atoms with Crippen LogP contribution in [-0.4, -0.2) is 34.7 Å². The van der Waals surface area contributed by atoms with Crippen LogP contribution in [0.25, 0.3) is 0 Å². The Morgan fingerprint density at radius 1 is 0.559 bits per heavy atom. The topological polar surface area (TPSA) is 40.6 Å². The molecule has 0 bridgehead atoms. The molecule has 0 aliphatic rings. The summed E-state index contributed by atoms with van der Waals surface area (Å²) in [7, 11) is 0. The zero-order chi connectivity index (χ0) is 23.6. The molecular weight excluding hydrogens is 501 g/mol. The molecule has 8 heteroatoms. The maximum Gasteiger partial charge on any atom is 0.264 e. The van der Waals surface area contributed by atoms with E-state index in [0.717, 1.165) is 48.5 Å². The fourth-order valence-electron chi connectivity index (χ4n) is 3.76. The normalized spacial score (nSPS) is 10.9. The molecule has 0 fully saturated rings. The number of hydrogen-bond acceptors (Lipinski definition) is 6. The Balaban J connectivity index is 1.25. The second kappa shape index (κ2) is 13.0. The van der Waals surface area contributed by atoms with Gasteiger partial charge in [-0.2, -0.15) is 0 Å². The number of carbonyl (C=O) groups is 2. The van der Waals surface area contributed by atoms with Crippen LogP contribution in [0, 0.1) is 0 Å². The average Bonchev–Trinajstić information content (AvgIpc) is 3.66. The van der Waals surface area contributed by atoms with Crippen molar-refractivity contribution in [2.45, 2.75) is 38.8 Å². The minimum atomic E-state index is 0.118. The Labute approximate surface area is 217 Å². The third-order valence-corrected chi connectivity index (χ3v) is 8.94. The van der Waals surface area contributed by atoms with Crippen molar-refractivity contribution >= 4 is 57.2 Å². The van der Waals surface area contributed by atoms with Gasteiger partial charge in [0.25, 0.3) is 11.8 Å². The van der Waals surface area contributed by atoms with E-state index in [0.29, 0.717) is 13.1 Å². The molecule has 34 heavy (non-hydrogen) atoms. The number of carbonyl (C=O) groups excluding carboxylic acids is 2. The van der Waals surface area contributed by atoms with E-state index >= 15 is 0 Å². The first-order chi connectivity index (χ1) is 16.7. The lowest BCUT2D eigenvalue weighted by molar-refractivity contribution is 0.0732. The van der Waals surface area contributed by atoms with E-state index < -0.39 is 0 Å². The van der Waals surface area contributed by atoms with Gasteiger partial charge >= 0.3 is 0 Å². The SMILES string of the molecule is O=C(c1cccs1)N(CCCCCCN(Cc1cccs1)C(=O)c1cccs1)Cc1cccs1. The minimum absolute atomic E-state index is 0.118. The lowest BCUT2D eigenvalue weighted by atomic mass is 10.1. The van der Waals surface area contributed by atoms with Gasteiger partial charge in [0.2, 0.25) is 0 Å². The Morgan fingerprint density at radius 3 is 1.32 bits per heavy atom. The summed E-state index contributed by atoms with van der Waals surface area (Å²) in [6.07, 6.45) is 4.01. The Bertz CT molecular complexity index is 1010. The van der Waals surface area contributed by atoms with Crippen LogP contribution in [0.5, 0.6) is 0 Å². The number of rotatable bonds is 13. The van der Waals surface area contributed by atoms with Crippen molar-refractivity contribution in [3.63, 3.8) is 0 Å². The Morgan fingerprint density at radius 2 is 0.971 bits per heavy atom. The van der Waals surface area contributed by atoms with Crippen LogP contribution in [0.15, 0.2) is 70.1 Å². The summed E-state index contributed by atoms with van der Waals surface area (Å²) in [4.78, 5) is 33.9. The summed E-state index contributed by atoms with van der Waals surface area (Å²) in [6.45, 7) is 2.83. The van der Waals surface area contributed by atoms with Gasteiger partial charge in [0.1, 0.15) is 0 Å². The largest absolute Gasteiger partial charge is 0.333 e. The van der Waals surface area contributed by atoms with Crippen LogP contribution in [0.2, 0.25) is 0 Å². The molecule has 4 aromatic heterocycles. The fraction of sp³-hybridized carbons (Fsp3) is 0.308. The number of unbranched alkanes of at least 4 members (excludes halogenated alkanes) is 3. The first-order valence-corrected chi connectivity index (χ1v) is 14.9. The predicted molar refractivity (Wildman–Crippen MR) is 145 cm³/mol. The summed E-state index contributed by atoms with van der Waals surface area (Å²) < 4.78 is 0. The molecule has 0 saturated heterocycles. The van der Waals surface area contributed by atoms with E-state index in [1.807, 2.05) is 57.0 Å². The van der Waals surface area contributed by atoms with Gasteiger partial charge in [-0.05, 0) is 58.6 Å². The standard InChI is InChI=1S/C26H28N2O2S4/c29-25(23-11-7-17-33-23)27(19-21-9-5-15-31-21)13-3-1-2-4-14-28(20-22-10-6-16-32-22)26(30)24-12-8-18-34-24/h5-12,15-18H,1-4,13-14,19-20H2. The molecule has 2 amide bonds. The fourth-order valence-corrected chi connectivity index (χ4v) is 6.58. The van der Waals surface area contributed by atoms with Gasteiger partial charge < -0.3 is 9.80 Å². The highest BCUT2D eigenvalue weighted by atomic mass is 32.1. The van der Waals surface area contributed by atoms with Crippen molar-refractivity contribution in [1.29, 1.82) is 0 Å². The molecule has 0 aliphatic heterocycles. The predicted octanol–water partition coefficient (Wildman–Crippen LogP) is 7.48. The van der Waals surface area contributed by atoms with Crippen molar-refractivity contribution in [2.24, 2.45) is 0 Å². The van der Waals surface area contributed by atoms with Crippen LogP contribution in [0.3, 0.4) is 0 Å². The van der Waals surface area contributed by atoms with E-state index in [1.165, 1.54) is 32.4 Å². The van der Waals surface area contributed by atoms with E-state index in [2.05, 4.69) is 22.9 Å². The minimum Gasteiger partial charge on any atom is -0.333 e. The van der Waals surface area contributed by atoms with Gasteiger partial charge in [0, 0.05) is 22.8 Å². The highest BCUT2D eigenvalue weighted by molar-refractivity contribution is 7.12. The number of thiophene rings is 4. The summed E-state index contributed by atoms with van der Waals surface area (Å²) in [5.41, 5.74) is 0. The Kier molecular flexibility index (Phi) is 9.50. The molecule has 4 rings (SSSR count). The second-order valence-electron chi connectivity index (χ2n) is 7.98. The van der Waals surface area contributed by atoms with Crippen LogP contribution in [0.4, 0.5) is 0 Å². The monoisotopic (exact) mass is 528 g/mol. The van der Waals surface area contributed by atoms with Crippen LogP contribution in [-0.2, 0) is 13.1 Å². The number of hydrogen-bond donors (Lipinski definition) is 0. The molecule has 0 saturated carbocycles. The summed E-state index contributed by atoms with van der Waals surface area (Å²) in [6, 6.07) is 15.9. The lowest BCUT2D eigenvalue weighted by Crippen LogP contribution is -2.31.